The van der Waals surface area contributed by atoms with Crippen molar-refractivity contribution < 1.29 is 19.4 Å². The zero-order valence-electron chi connectivity index (χ0n) is 18.4. The summed E-state index contributed by atoms with van der Waals surface area (Å²) in [6.07, 6.45) is 3.54. The third-order valence-electron chi connectivity index (χ3n) is 5.48. The molecule has 1 aliphatic carbocycles. The van der Waals surface area contributed by atoms with Gasteiger partial charge in [0.05, 0.1) is 13.2 Å². The van der Waals surface area contributed by atoms with E-state index >= 15 is 0 Å². The van der Waals surface area contributed by atoms with Gasteiger partial charge in [0, 0.05) is 25.9 Å². The first kappa shape index (κ1) is 21.8. The standard InChI is InChI=1S/C21H27N7O4/c1-4-31-11-10-28-17-16(19(26-28)32-21(29)30)24-20(27(3)14-6-5-7-14)25-18(17)23-15-12-13(2)8-9-22-15/h8-9,12,14H,4-7,10-11H2,1-3H3,(H,29,30)(H,22,23,24,25). The Morgan fingerprint density at radius 1 is 1.38 bits per heavy atom. The number of nitrogens with zero attached hydrogens (tertiary/aromatic N) is 6. The van der Waals surface area contributed by atoms with Crippen LogP contribution < -0.4 is 15.0 Å². The minimum absolute atomic E-state index is 0.0880. The van der Waals surface area contributed by atoms with Crippen molar-refractivity contribution in [1.82, 2.24) is 24.7 Å². The number of hydrogen-bond acceptors (Lipinski definition) is 9. The molecule has 0 aromatic carbocycles. The third kappa shape index (κ3) is 4.57. The highest BCUT2D eigenvalue weighted by atomic mass is 16.7. The summed E-state index contributed by atoms with van der Waals surface area (Å²) in [7, 11) is 1.94. The van der Waals surface area contributed by atoms with Crippen LogP contribution in [0, 0.1) is 6.92 Å². The van der Waals surface area contributed by atoms with Gasteiger partial charge in [0.15, 0.2) is 11.3 Å². The average Bonchev–Trinajstić information content (AvgIpc) is 3.04. The summed E-state index contributed by atoms with van der Waals surface area (Å²) in [6.45, 7) is 5.21. The van der Waals surface area contributed by atoms with Crippen LogP contribution in [0.5, 0.6) is 5.88 Å². The Balaban J connectivity index is 1.84. The van der Waals surface area contributed by atoms with Crippen LogP contribution in [0.15, 0.2) is 18.3 Å². The molecule has 11 heteroatoms. The van der Waals surface area contributed by atoms with Gasteiger partial charge < -0.3 is 24.8 Å². The number of carbonyl (C=O) groups is 1. The number of hydrogen-bond donors (Lipinski definition) is 2. The van der Waals surface area contributed by atoms with Crippen molar-refractivity contribution in [2.45, 2.75) is 45.7 Å². The summed E-state index contributed by atoms with van der Waals surface area (Å²) < 4.78 is 12.0. The van der Waals surface area contributed by atoms with Gasteiger partial charge in [-0.05, 0) is 50.8 Å². The van der Waals surface area contributed by atoms with E-state index in [4.69, 9.17) is 14.5 Å². The predicted octanol–water partition coefficient (Wildman–Crippen LogP) is 3.36. The molecule has 1 aliphatic rings. The minimum Gasteiger partial charge on any atom is -0.449 e. The Morgan fingerprint density at radius 3 is 2.84 bits per heavy atom. The highest BCUT2D eigenvalue weighted by Crippen LogP contribution is 2.34. The predicted molar refractivity (Wildman–Crippen MR) is 119 cm³/mol. The van der Waals surface area contributed by atoms with Crippen molar-refractivity contribution in [2.24, 2.45) is 0 Å². The second-order valence-corrected chi connectivity index (χ2v) is 7.70. The van der Waals surface area contributed by atoms with Gasteiger partial charge in [-0.25, -0.2) is 14.8 Å². The fourth-order valence-electron chi connectivity index (χ4n) is 3.56. The molecule has 0 amide bonds. The van der Waals surface area contributed by atoms with Crippen LogP contribution in [0.2, 0.25) is 0 Å². The molecule has 0 radical (unpaired) electrons. The van der Waals surface area contributed by atoms with Gasteiger partial charge in [-0.1, -0.05) is 0 Å². The molecule has 0 spiro atoms. The maximum absolute atomic E-state index is 11.3. The number of fused-ring (bicyclic) bond motifs is 1. The zero-order chi connectivity index (χ0) is 22.7. The van der Waals surface area contributed by atoms with Crippen LogP contribution in [0.3, 0.4) is 0 Å². The van der Waals surface area contributed by atoms with Crippen molar-refractivity contribution >= 4 is 34.8 Å². The molecule has 11 nitrogen and oxygen atoms in total. The van der Waals surface area contributed by atoms with E-state index in [0.29, 0.717) is 54.4 Å². The second kappa shape index (κ2) is 9.35. The summed E-state index contributed by atoms with van der Waals surface area (Å²) in [6, 6.07) is 4.15. The molecular formula is C21H27N7O4. The molecular weight excluding hydrogens is 414 g/mol. The maximum Gasteiger partial charge on any atom is 0.512 e. The Morgan fingerprint density at radius 2 is 2.19 bits per heavy atom. The molecule has 3 aromatic rings. The molecule has 2 N–H and O–H groups in total. The highest BCUT2D eigenvalue weighted by Gasteiger charge is 2.27. The molecule has 3 heterocycles. The number of ether oxygens (including phenoxy) is 2. The first-order valence-electron chi connectivity index (χ1n) is 10.7. The number of rotatable bonds is 9. The smallest absolute Gasteiger partial charge is 0.449 e. The first-order chi connectivity index (χ1) is 15.5. The molecule has 0 atom stereocenters. The van der Waals surface area contributed by atoms with Crippen LogP contribution in [0.1, 0.15) is 31.7 Å². The van der Waals surface area contributed by atoms with E-state index in [9.17, 15) is 9.90 Å². The third-order valence-corrected chi connectivity index (χ3v) is 5.48. The summed E-state index contributed by atoms with van der Waals surface area (Å²) >= 11 is 0. The van der Waals surface area contributed by atoms with Gasteiger partial charge in [0.1, 0.15) is 11.3 Å². The van der Waals surface area contributed by atoms with Gasteiger partial charge >= 0.3 is 6.16 Å². The monoisotopic (exact) mass is 441 g/mol. The first-order valence-corrected chi connectivity index (χ1v) is 10.7. The van der Waals surface area contributed by atoms with E-state index in [2.05, 4.69) is 20.4 Å². The fraction of sp³-hybridized carbons (Fsp3) is 0.476. The summed E-state index contributed by atoms with van der Waals surface area (Å²) in [5.74, 6) is 1.46. The van der Waals surface area contributed by atoms with Gasteiger partial charge in [0.25, 0.3) is 5.88 Å². The Kier molecular flexibility index (Phi) is 6.35. The van der Waals surface area contributed by atoms with E-state index < -0.39 is 6.16 Å². The maximum atomic E-state index is 11.3. The van der Waals surface area contributed by atoms with Gasteiger partial charge in [-0.3, -0.25) is 4.68 Å². The van der Waals surface area contributed by atoms with Crippen molar-refractivity contribution in [1.29, 1.82) is 0 Å². The number of anilines is 3. The molecule has 1 saturated carbocycles. The molecule has 170 valence electrons. The summed E-state index contributed by atoms with van der Waals surface area (Å²) in [4.78, 5) is 27.1. The molecule has 0 saturated heterocycles. The summed E-state index contributed by atoms with van der Waals surface area (Å²) in [5.41, 5.74) is 1.88. The molecule has 0 aliphatic heterocycles. The Bertz CT molecular complexity index is 1110. The minimum atomic E-state index is -1.45. The van der Waals surface area contributed by atoms with Gasteiger partial charge in [-0.15, -0.1) is 5.10 Å². The van der Waals surface area contributed by atoms with Crippen molar-refractivity contribution in [3.05, 3.63) is 23.9 Å². The van der Waals surface area contributed by atoms with Gasteiger partial charge in [-0.2, -0.15) is 4.98 Å². The summed E-state index contributed by atoms with van der Waals surface area (Å²) in [5, 5.41) is 16.8. The average molecular weight is 441 g/mol. The van der Waals surface area contributed by atoms with E-state index in [1.54, 1.807) is 10.9 Å². The van der Waals surface area contributed by atoms with Crippen molar-refractivity contribution in [2.75, 3.05) is 30.5 Å². The zero-order valence-corrected chi connectivity index (χ0v) is 18.4. The molecule has 3 aromatic heterocycles. The topological polar surface area (TPSA) is 128 Å². The normalized spacial score (nSPS) is 13.7. The Hall–Kier alpha value is -3.47. The van der Waals surface area contributed by atoms with E-state index in [1.165, 1.54) is 0 Å². The SMILES string of the molecule is CCOCCn1nc(OC(=O)O)c2nc(N(C)C3CCC3)nc(Nc3cc(C)ccn3)c21. The molecule has 1 fully saturated rings. The number of pyridine rings is 1. The molecule has 4 rings (SSSR count). The Labute approximate surface area is 185 Å². The second-order valence-electron chi connectivity index (χ2n) is 7.70. The fourth-order valence-corrected chi connectivity index (χ4v) is 3.56. The number of nitrogens with one attached hydrogen (secondary N) is 1. The molecule has 32 heavy (non-hydrogen) atoms. The van der Waals surface area contributed by atoms with Crippen LogP contribution >= 0.6 is 0 Å². The van der Waals surface area contributed by atoms with E-state index in [0.717, 1.165) is 24.8 Å². The number of carboxylic acid groups (broad SMARTS) is 1. The van der Waals surface area contributed by atoms with Gasteiger partial charge in [0.2, 0.25) is 5.95 Å². The molecule has 0 bridgehead atoms. The van der Waals surface area contributed by atoms with Crippen LogP contribution in [0.4, 0.5) is 22.4 Å². The lowest BCUT2D eigenvalue weighted by Gasteiger charge is -2.34. The van der Waals surface area contributed by atoms with Crippen LogP contribution in [0.25, 0.3) is 11.0 Å². The van der Waals surface area contributed by atoms with E-state index in [1.807, 2.05) is 37.9 Å². The lowest BCUT2D eigenvalue weighted by Crippen LogP contribution is -2.38. The lowest BCUT2D eigenvalue weighted by atomic mass is 9.92. The quantitative estimate of drug-likeness (QED) is 0.377. The molecule has 0 unspecified atom stereocenters. The largest absolute Gasteiger partial charge is 0.512 e. The van der Waals surface area contributed by atoms with Crippen LogP contribution in [-0.2, 0) is 11.3 Å². The van der Waals surface area contributed by atoms with E-state index in [-0.39, 0.29) is 5.88 Å². The van der Waals surface area contributed by atoms with Crippen molar-refractivity contribution in [3.63, 3.8) is 0 Å². The number of aryl methyl sites for hydroxylation is 1. The van der Waals surface area contributed by atoms with Crippen molar-refractivity contribution in [3.8, 4) is 5.88 Å². The number of aromatic nitrogens is 5. The van der Waals surface area contributed by atoms with Crippen LogP contribution in [-0.4, -0.2) is 62.3 Å². The lowest BCUT2D eigenvalue weighted by molar-refractivity contribution is 0.134. The highest BCUT2D eigenvalue weighted by molar-refractivity contribution is 5.92.